The van der Waals surface area contributed by atoms with Crippen LogP contribution in [0.5, 0.6) is 0 Å². The molecule has 1 aromatic heterocycles. The molecule has 1 aromatic rings. The van der Waals surface area contributed by atoms with Crippen molar-refractivity contribution in [3.05, 3.63) is 17.0 Å². The number of piperidine rings is 1. The zero-order valence-electron chi connectivity index (χ0n) is 11.2. The van der Waals surface area contributed by atoms with Crippen LogP contribution in [0.15, 0.2) is 16.3 Å². The van der Waals surface area contributed by atoms with Crippen molar-refractivity contribution in [2.75, 3.05) is 13.1 Å². The molecule has 2 heterocycles. The second kappa shape index (κ2) is 5.23. The first-order chi connectivity index (χ1) is 8.91. The fourth-order valence-corrected chi connectivity index (χ4v) is 4.97. The molecule has 19 heavy (non-hydrogen) atoms. The molecule has 0 spiro atoms. The van der Waals surface area contributed by atoms with Crippen molar-refractivity contribution in [3.63, 3.8) is 0 Å². The predicted octanol–water partition coefficient (Wildman–Crippen LogP) is 2.82. The largest absolute Gasteiger partial charge is 0.252 e. The fraction of sp³-hybridized carbons (Fsp3) is 0.615. The van der Waals surface area contributed by atoms with Crippen molar-refractivity contribution in [1.29, 1.82) is 5.26 Å². The van der Waals surface area contributed by atoms with E-state index >= 15 is 0 Å². The van der Waals surface area contributed by atoms with Gasteiger partial charge in [0.1, 0.15) is 15.2 Å². The Balaban J connectivity index is 2.16. The van der Waals surface area contributed by atoms with Crippen LogP contribution in [-0.4, -0.2) is 25.8 Å². The zero-order valence-corrected chi connectivity index (χ0v) is 12.9. The van der Waals surface area contributed by atoms with Crippen molar-refractivity contribution >= 4 is 21.4 Å². The highest BCUT2D eigenvalue weighted by Gasteiger charge is 2.34. The number of hydrogen-bond acceptors (Lipinski definition) is 4. The zero-order chi connectivity index (χ0) is 14.1. The molecule has 6 heteroatoms. The van der Waals surface area contributed by atoms with Crippen LogP contribution in [0, 0.1) is 16.7 Å². The van der Waals surface area contributed by atoms with E-state index in [1.165, 1.54) is 6.07 Å². The summed E-state index contributed by atoms with van der Waals surface area (Å²) in [7, 11) is -3.41. The molecule has 1 aliphatic heterocycles. The average molecular weight is 298 g/mol. The predicted molar refractivity (Wildman–Crippen MR) is 75.4 cm³/mol. The van der Waals surface area contributed by atoms with Crippen LogP contribution in [-0.2, 0) is 10.0 Å². The topological polar surface area (TPSA) is 61.2 Å². The van der Waals surface area contributed by atoms with Gasteiger partial charge >= 0.3 is 0 Å². The molecule has 1 fully saturated rings. The van der Waals surface area contributed by atoms with Gasteiger partial charge in [-0.15, -0.1) is 11.3 Å². The number of rotatable bonds is 3. The minimum atomic E-state index is -3.41. The van der Waals surface area contributed by atoms with Crippen LogP contribution in [0.1, 0.15) is 38.0 Å². The summed E-state index contributed by atoms with van der Waals surface area (Å²) in [5.41, 5.74) is 0.263. The first kappa shape index (κ1) is 14.5. The van der Waals surface area contributed by atoms with E-state index in [1.807, 2.05) is 6.07 Å². The second-order valence-corrected chi connectivity index (χ2v) is 8.55. The molecule has 0 radical (unpaired) electrons. The van der Waals surface area contributed by atoms with Gasteiger partial charge in [0, 0.05) is 13.1 Å². The van der Waals surface area contributed by atoms with E-state index in [-0.39, 0.29) is 9.62 Å². The molecule has 0 unspecified atom stereocenters. The highest BCUT2D eigenvalue weighted by atomic mass is 32.2. The second-order valence-electron chi connectivity index (χ2n) is 5.30. The van der Waals surface area contributed by atoms with Crippen molar-refractivity contribution in [3.8, 4) is 6.07 Å². The van der Waals surface area contributed by atoms with E-state index in [9.17, 15) is 8.42 Å². The van der Waals surface area contributed by atoms with Crippen LogP contribution in [0.4, 0.5) is 0 Å². The third-order valence-electron chi connectivity index (χ3n) is 4.07. The van der Waals surface area contributed by atoms with E-state index in [2.05, 4.69) is 13.8 Å². The Morgan fingerprint density at radius 1 is 1.42 bits per heavy atom. The van der Waals surface area contributed by atoms with Crippen molar-refractivity contribution < 1.29 is 8.42 Å². The number of nitriles is 1. The Morgan fingerprint density at radius 3 is 2.53 bits per heavy atom. The quantitative estimate of drug-likeness (QED) is 0.862. The van der Waals surface area contributed by atoms with Gasteiger partial charge in [0.15, 0.2) is 0 Å². The van der Waals surface area contributed by atoms with E-state index in [0.29, 0.717) is 18.0 Å². The maximum Gasteiger partial charge on any atom is 0.252 e. The van der Waals surface area contributed by atoms with Crippen LogP contribution in [0.25, 0.3) is 0 Å². The lowest BCUT2D eigenvalue weighted by Crippen LogP contribution is -2.41. The molecule has 0 saturated carbocycles. The van der Waals surface area contributed by atoms with E-state index in [1.54, 1.807) is 10.4 Å². The Hall–Kier alpha value is -0.900. The Kier molecular flexibility index (Phi) is 4.00. The van der Waals surface area contributed by atoms with E-state index in [4.69, 9.17) is 5.26 Å². The van der Waals surface area contributed by atoms with Crippen LogP contribution in [0.3, 0.4) is 0 Å². The lowest BCUT2D eigenvalue weighted by Gasteiger charge is -2.37. The van der Waals surface area contributed by atoms with Gasteiger partial charge in [0.25, 0.3) is 10.0 Å². The first-order valence-corrected chi connectivity index (χ1v) is 8.67. The summed E-state index contributed by atoms with van der Waals surface area (Å²) < 4.78 is 26.7. The molecule has 0 amide bonds. The summed E-state index contributed by atoms with van der Waals surface area (Å²) in [6.45, 7) is 5.53. The van der Waals surface area contributed by atoms with Gasteiger partial charge in [0.2, 0.25) is 0 Å². The number of nitrogens with zero attached hydrogens (tertiary/aromatic N) is 2. The molecule has 4 nitrogen and oxygen atoms in total. The van der Waals surface area contributed by atoms with Gasteiger partial charge in [-0.25, -0.2) is 8.42 Å². The molecular formula is C13H18N2O2S2. The van der Waals surface area contributed by atoms with Gasteiger partial charge < -0.3 is 0 Å². The molecule has 0 N–H and O–H groups in total. The maximum atomic E-state index is 12.4. The molecule has 1 aliphatic rings. The lowest BCUT2D eigenvalue weighted by molar-refractivity contribution is 0.169. The minimum Gasteiger partial charge on any atom is -0.206 e. The van der Waals surface area contributed by atoms with Gasteiger partial charge in [0.05, 0.1) is 0 Å². The summed E-state index contributed by atoms with van der Waals surface area (Å²) >= 11 is 1.05. The number of sulfonamides is 1. The van der Waals surface area contributed by atoms with Crippen molar-refractivity contribution in [2.24, 2.45) is 5.41 Å². The standard InChI is InChI=1S/C13H18N2O2S2/c1-3-13(2)6-8-15(9-7-13)19(16,17)12-5-4-11(10-14)18-12/h4-5H,3,6-9H2,1-2H3. The van der Waals surface area contributed by atoms with Crippen LogP contribution < -0.4 is 0 Å². The Morgan fingerprint density at radius 2 is 2.05 bits per heavy atom. The molecule has 1 saturated heterocycles. The summed E-state index contributed by atoms with van der Waals surface area (Å²) in [6, 6.07) is 5.08. The van der Waals surface area contributed by atoms with Crippen molar-refractivity contribution in [1.82, 2.24) is 4.31 Å². The molecule has 0 atom stereocenters. The molecule has 0 bridgehead atoms. The molecule has 0 aromatic carbocycles. The number of hydrogen-bond donors (Lipinski definition) is 0. The minimum absolute atomic E-state index is 0.263. The van der Waals surface area contributed by atoms with Crippen LogP contribution >= 0.6 is 11.3 Å². The molecule has 104 valence electrons. The van der Waals surface area contributed by atoms with Gasteiger partial charge in [-0.05, 0) is 30.4 Å². The van der Waals surface area contributed by atoms with Gasteiger partial charge in [-0.1, -0.05) is 20.3 Å². The third-order valence-corrected chi connectivity index (χ3v) is 7.42. The number of thiophene rings is 1. The summed E-state index contributed by atoms with van der Waals surface area (Å²) in [6.07, 6.45) is 2.89. The highest BCUT2D eigenvalue weighted by Crippen LogP contribution is 2.36. The first-order valence-electron chi connectivity index (χ1n) is 6.41. The highest BCUT2D eigenvalue weighted by molar-refractivity contribution is 7.91. The Bertz CT molecular complexity index is 590. The summed E-state index contributed by atoms with van der Waals surface area (Å²) in [5.74, 6) is 0. The third kappa shape index (κ3) is 2.83. The monoisotopic (exact) mass is 298 g/mol. The molecule has 0 aliphatic carbocycles. The summed E-state index contributed by atoms with van der Waals surface area (Å²) in [5, 5.41) is 8.78. The van der Waals surface area contributed by atoms with Crippen molar-refractivity contribution in [2.45, 2.75) is 37.3 Å². The summed E-state index contributed by atoms with van der Waals surface area (Å²) in [4.78, 5) is 0.439. The van der Waals surface area contributed by atoms with Crippen LogP contribution in [0.2, 0.25) is 0 Å². The van der Waals surface area contributed by atoms with E-state index in [0.717, 1.165) is 30.6 Å². The normalized spacial score (nSPS) is 20.1. The van der Waals surface area contributed by atoms with Gasteiger partial charge in [-0.2, -0.15) is 9.57 Å². The smallest absolute Gasteiger partial charge is 0.206 e. The molecular weight excluding hydrogens is 280 g/mol. The van der Waals surface area contributed by atoms with E-state index < -0.39 is 10.0 Å². The molecule has 2 rings (SSSR count). The average Bonchev–Trinajstić information content (AvgIpc) is 2.89. The fourth-order valence-electron chi connectivity index (χ4n) is 2.27. The SMILES string of the molecule is CCC1(C)CCN(S(=O)(=O)c2ccc(C#N)s2)CC1. The van der Waals surface area contributed by atoms with Gasteiger partial charge in [-0.3, -0.25) is 0 Å². The lowest BCUT2D eigenvalue weighted by atomic mass is 9.79. The Labute approximate surface area is 118 Å². The maximum absolute atomic E-state index is 12.4.